The number of aliphatic hydroxyl groups is 6. The third-order valence-corrected chi connectivity index (χ3v) is 9.97. The average Bonchev–Trinajstić information content (AvgIpc) is 3.10. The number of fused-ring (bicyclic) bond motifs is 2. The number of benzene rings is 4. The Balaban J connectivity index is 1.18. The van der Waals surface area contributed by atoms with Crippen molar-refractivity contribution in [2.45, 2.75) is 59.6 Å². The van der Waals surface area contributed by atoms with Gasteiger partial charge < -0.3 is 50.7 Å². The fourth-order valence-corrected chi connectivity index (χ4v) is 7.34. The Morgan fingerprint density at radius 2 is 0.957 bits per heavy atom. The predicted octanol–water partition coefficient (Wildman–Crippen LogP) is 0.501. The summed E-state index contributed by atoms with van der Waals surface area (Å²) in [4.78, 5) is 26.5. The van der Waals surface area contributed by atoms with E-state index < -0.39 is 84.6 Å². The van der Waals surface area contributed by atoms with Crippen LogP contribution >= 0.6 is 11.8 Å². The van der Waals surface area contributed by atoms with E-state index in [9.17, 15) is 40.2 Å². The molecule has 0 aliphatic carbocycles. The Kier molecular flexibility index (Phi) is 10.1. The first-order valence-corrected chi connectivity index (χ1v) is 16.1. The maximum absolute atomic E-state index is 13.2. The molecule has 13 heteroatoms. The lowest BCUT2D eigenvalue weighted by molar-refractivity contribution is -0.175. The van der Waals surface area contributed by atoms with Crippen LogP contribution in [0.25, 0.3) is 21.5 Å². The minimum absolute atomic E-state index is 0.287. The summed E-state index contributed by atoms with van der Waals surface area (Å²) in [6.07, 6.45) is -8.53. The zero-order valence-corrected chi connectivity index (χ0v) is 25.8. The Labute approximate surface area is 273 Å². The molecule has 0 unspecified atom stereocenters. The lowest BCUT2D eigenvalue weighted by atomic mass is 9.96. The van der Waals surface area contributed by atoms with Gasteiger partial charge in [-0.1, -0.05) is 72.4 Å². The molecule has 2 saturated heterocycles. The fraction of sp³-hybridized carbons (Fsp3) is 0.353. The van der Waals surface area contributed by atoms with Gasteiger partial charge in [0.2, 0.25) is 0 Å². The van der Waals surface area contributed by atoms with Gasteiger partial charge in [-0.25, -0.2) is 0 Å². The molecule has 10 atom stereocenters. The molecule has 4 aromatic carbocycles. The van der Waals surface area contributed by atoms with Crippen molar-refractivity contribution >= 4 is 45.1 Å². The van der Waals surface area contributed by atoms with Gasteiger partial charge in [-0.15, -0.1) is 0 Å². The number of carbonyl (C=O) groups excluding carboxylic acids is 2. The summed E-state index contributed by atoms with van der Waals surface area (Å²) in [5.41, 5.74) is -1.95. The molecule has 0 bridgehead atoms. The molecule has 6 rings (SSSR count). The van der Waals surface area contributed by atoms with Gasteiger partial charge in [-0.05, 0) is 45.8 Å². The molecular formula is C34H36N2O10S. The highest BCUT2D eigenvalue weighted by atomic mass is 32.2. The summed E-state index contributed by atoms with van der Waals surface area (Å²) in [6.45, 7) is -1.30. The van der Waals surface area contributed by atoms with Gasteiger partial charge in [-0.3, -0.25) is 9.59 Å². The topological polar surface area (TPSA) is 198 Å². The summed E-state index contributed by atoms with van der Waals surface area (Å²) >= 11 is 0.766. The predicted molar refractivity (Wildman–Crippen MR) is 174 cm³/mol. The van der Waals surface area contributed by atoms with Crippen molar-refractivity contribution < 1.29 is 49.7 Å². The molecule has 12 nitrogen and oxygen atoms in total. The van der Waals surface area contributed by atoms with Crippen LogP contribution in [0.15, 0.2) is 84.9 Å². The van der Waals surface area contributed by atoms with Gasteiger partial charge in [-0.2, -0.15) is 0 Å². The minimum Gasteiger partial charge on any atom is -0.394 e. The molecule has 0 saturated carbocycles. The van der Waals surface area contributed by atoms with Crippen molar-refractivity contribution in [3.05, 3.63) is 96.1 Å². The molecule has 0 radical (unpaired) electrons. The summed E-state index contributed by atoms with van der Waals surface area (Å²) in [6, 6.07) is 22.5. The summed E-state index contributed by atoms with van der Waals surface area (Å²) in [7, 11) is 0. The zero-order chi connectivity index (χ0) is 33.2. The van der Waals surface area contributed by atoms with Crippen molar-refractivity contribution in [2.24, 2.45) is 0 Å². The van der Waals surface area contributed by atoms with E-state index in [0.29, 0.717) is 0 Å². The molecule has 0 aromatic heterocycles. The summed E-state index contributed by atoms with van der Waals surface area (Å²) < 4.78 is 11.5. The van der Waals surface area contributed by atoms with Crippen LogP contribution in [-0.2, 0) is 9.47 Å². The number of aliphatic hydroxyl groups excluding tert-OH is 6. The van der Waals surface area contributed by atoms with Crippen molar-refractivity contribution in [3.63, 3.8) is 0 Å². The highest BCUT2D eigenvalue weighted by Crippen LogP contribution is 2.37. The normalized spacial score (nSPS) is 31.0. The molecule has 4 aromatic rings. The Morgan fingerprint density at radius 3 is 1.34 bits per heavy atom. The third kappa shape index (κ3) is 6.85. The SMILES string of the molecule is O=C(N[C@@H]1[C@@H](O)[C@@H](CO)O[C@@H](S[C@@H]2O[C@H](CO)[C@H](O)[C@@H](NC(=O)c3ccc4ccccc4c3)[C@H]2O)[C@@H]1O)c1ccc2ccccc2c1. The minimum atomic E-state index is -1.55. The standard InChI is InChI=1S/C34H36N2O10S/c37-15-23-27(39)25(35-31(43)21-11-9-17-5-1-3-7-19(17)13-21)29(41)33(45-23)47-34-30(42)26(28(40)24(16-38)46-34)36-32(44)22-12-10-18-6-2-4-8-20(18)14-22/h1-14,23-30,33-34,37-42H,15-16H2,(H,35,43)(H,36,44)/t23-,24-,25-,26-,27+,28+,29-,30-,33+,34+/m1/s1. The first kappa shape index (κ1) is 33.3. The van der Waals surface area contributed by atoms with E-state index in [-0.39, 0.29) is 11.1 Å². The molecular weight excluding hydrogens is 628 g/mol. The van der Waals surface area contributed by atoms with Crippen molar-refractivity contribution in [3.8, 4) is 0 Å². The number of hydrogen-bond acceptors (Lipinski definition) is 11. The first-order valence-electron chi connectivity index (χ1n) is 15.2. The molecule has 2 amide bonds. The Hall–Kier alpha value is -3.63. The van der Waals surface area contributed by atoms with Gasteiger partial charge in [0, 0.05) is 11.1 Å². The molecule has 248 valence electrons. The number of rotatable bonds is 8. The number of ether oxygens (including phenoxy) is 2. The average molecular weight is 665 g/mol. The van der Waals surface area contributed by atoms with E-state index in [1.807, 2.05) is 48.5 Å². The van der Waals surface area contributed by atoms with Crippen LogP contribution in [0.3, 0.4) is 0 Å². The van der Waals surface area contributed by atoms with Crippen LogP contribution in [0, 0.1) is 0 Å². The maximum Gasteiger partial charge on any atom is 0.251 e. The second-order valence-corrected chi connectivity index (χ2v) is 12.9. The highest BCUT2D eigenvalue weighted by molar-refractivity contribution is 8.00. The summed E-state index contributed by atoms with van der Waals surface area (Å²) in [5.74, 6) is -1.15. The Bertz CT molecular complexity index is 1620. The third-order valence-electron chi connectivity index (χ3n) is 8.66. The number of nitrogens with one attached hydrogen (secondary N) is 2. The van der Waals surface area contributed by atoms with Crippen molar-refractivity contribution in [1.29, 1.82) is 0 Å². The van der Waals surface area contributed by atoms with E-state index in [4.69, 9.17) is 9.47 Å². The van der Waals surface area contributed by atoms with Crippen LogP contribution in [0.4, 0.5) is 0 Å². The molecule has 2 aliphatic heterocycles. The van der Waals surface area contributed by atoms with E-state index in [1.54, 1.807) is 36.4 Å². The van der Waals surface area contributed by atoms with Crippen LogP contribution in [-0.4, -0.2) is 115 Å². The molecule has 8 N–H and O–H groups in total. The van der Waals surface area contributed by atoms with E-state index >= 15 is 0 Å². The largest absolute Gasteiger partial charge is 0.394 e. The zero-order valence-electron chi connectivity index (χ0n) is 25.0. The lowest BCUT2D eigenvalue weighted by Gasteiger charge is -2.46. The summed E-state index contributed by atoms with van der Waals surface area (Å²) in [5, 5.41) is 73.2. The molecule has 47 heavy (non-hydrogen) atoms. The molecule has 0 spiro atoms. The monoisotopic (exact) mass is 664 g/mol. The van der Waals surface area contributed by atoms with E-state index in [2.05, 4.69) is 10.6 Å². The fourth-order valence-electron chi connectivity index (χ4n) is 6.00. The van der Waals surface area contributed by atoms with E-state index in [1.165, 1.54) is 0 Å². The van der Waals surface area contributed by atoms with Gasteiger partial charge in [0.05, 0.1) is 25.3 Å². The molecule has 2 aliphatic rings. The maximum atomic E-state index is 13.2. The van der Waals surface area contributed by atoms with Gasteiger partial charge in [0.15, 0.2) is 0 Å². The van der Waals surface area contributed by atoms with Gasteiger partial charge in [0.25, 0.3) is 11.8 Å². The van der Waals surface area contributed by atoms with Crippen molar-refractivity contribution in [1.82, 2.24) is 10.6 Å². The first-order chi connectivity index (χ1) is 22.7. The number of carbonyl (C=O) groups is 2. The Morgan fingerprint density at radius 1 is 0.574 bits per heavy atom. The lowest BCUT2D eigenvalue weighted by Crippen LogP contribution is -2.66. The molecule has 2 fully saturated rings. The smallest absolute Gasteiger partial charge is 0.251 e. The number of amides is 2. The molecule has 2 heterocycles. The van der Waals surface area contributed by atoms with Crippen LogP contribution in [0.2, 0.25) is 0 Å². The van der Waals surface area contributed by atoms with Crippen molar-refractivity contribution in [2.75, 3.05) is 13.2 Å². The quantitative estimate of drug-likeness (QED) is 0.131. The van der Waals surface area contributed by atoms with Crippen LogP contribution in [0.1, 0.15) is 20.7 Å². The highest BCUT2D eigenvalue weighted by Gasteiger charge is 2.50. The second kappa shape index (κ2) is 14.2. The van der Waals surface area contributed by atoms with Gasteiger partial charge in [0.1, 0.15) is 47.5 Å². The van der Waals surface area contributed by atoms with E-state index in [0.717, 1.165) is 33.3 Å². The number of hydrogen-bond donors (Lipinski definition) is 8. The second-order valence-electron chi connectivity index (χ2n) is 11.7. The number of thioether (sulfide) groups is 1. The van der Waals surface area contributed by atoms with Gasteiger partial charge >= 0.3 is 0 Å². The van der Waals surface area contributed by atoms with Crippen LogP contribution < -0.4 is 10.6 Å². The van der Waals surface area contributed by atoms with Crippen LogP contribution in [0.5, 0.6) is 0 Å².